The van der Waals surface area contributed by atoms with Crippen LogP contribution in [0.5, 0.6) is 11.5 Å². The van der Waals surface area contributed by atoms with Gasteiger partial charge in [0.25, 0.3) is 0 Å². The molecule has 1 aliphatic heterocycles. The maximum absolute atomic E-state index is 12.0. The zero-order chi connectivity index (χ0) is 15.2. The topological polar surface area (TPSA) is 56.8 Å². The van der Waals surface area contributed by atoms with Crippen molar-refractivity contribution >= 4 is 5.91 Å². The minimum absolute atomic E-state index is 0.0200. The summed E-state index contributed by atoms with van der Waals surface area (Å²) in [5.74, 6) is 1.45. The van der Waals surface area contributed by atoms with Crippen molar-refractivity contribution in [1.29, 1.82) is 0 Å². The van der Waals surface area contributed by atoms with Gasteiger partial charge in [-0.25, -0.2) is 0 Å². The van der Waals surface area contributed by atoms with Crippen LogP contribution in [0.2, 0.25) is 0 Å². The first-order valence-electron chi connectivity index (χ1n) is 7.24. The molecule has 2 rings (SSSR count). The van der Waals surface area contributed by atoms with E-state index in [-0.39, 0.29) is 12.0 Å². The molecule has 116 valence electrons. The van der Waals surface area contributed by atoms with Crippen LogP contribution in [0.3, 0.4) is 0 Å². The summed E-state index contributed by atoms with van der Waals surface area (Å²) in [5, 5.41) is 2.92. The Balaban J connectivity index is 1.97. The summed E-state index contributed by atoms with van der Waals surface area (Å²) in [6.07, 6.45) is 2.55. The number of hydrogen-bond donors (Lipinski definition) is 1. The third-order valence-electron chi connectivity index (χ3n) is 3.76. The molecule has 0 spiro atoms. The number of amides is 1. The van der Waals surface area contributed by atoms with Crippen molar-refractivity contribution in [2.45, 2.75) is 32.3 Å². The van der Waals surface area contributed by atoms with Gasteiger partial charge in [-0.05, 0) is 25.8 Å². The predicted molar refractivity (Wildman–Crippen MR) is 80.0 cm³/mol. The van der Waals surface area contributed by atoms with Gasteiger partial charge in [0.05, 0.1) is 26.7 Å². The van der Waals surface area contributed by atoms with Crippen LogP contribution >= 0.6 is 0 Å². The predicted octanol–water partition coefficient (Wildman–Crippen LogP) is 1.85. The lowest BCUT2D eigenvalue weighted by atomic mass is 10.1. The second-order valence-corrected chi connectivity index (χ2v) is 5.20. The number of hydrogen-bond acceptors (Lipinski definition) is 4. The van der Waals surface area contributed by atoms with E-state index >= 15 is 0 Å². The molecule has 1 amide bonds. The van der Waals surface area contributed by atoms with Crippen molar-refractivity contribution in [3.8, 4) is 11.5 Å². The highest BCUT2D eigenvalue weighted by Gasteiger charge is 2.18. The van der Waals surface area contributed by atoms with Crippen LogP contribution < -0.4 is 14.8 Å². The zero-order valence-corrected chi connectivity index (χ0v) is 12.9. The fraction of sp³-hybridized carbons (Fsp3) is 0.562. The van der Waals surface area contributed by atoms with Gasteiger partial charge in [0.15, 0.2) is 0 Å². The molecule has 0 radical (unpaired) electrons. The SMILES string of the molecule is COc1ccc(CC(=O)NCC2CCCO2)c(OC)c1C. The second-order valence-electron chi connectivity index (χ2n) is 5.20. The van der Waals surface area contributed by atoms with E-state index in [1.54, 1.807) is 14.2 Å². The van der Waals surface area contributed by atoms with Gasteiger partial charge in [-0.2, -0.15) is 0 Å². The van der Waals surface area contributed by atoms with Crippen LogP contribution in [0.4, 0.5) is 0 Å². The van der Waals surface area contributed by atoms with Crippen molar-refractivity contribution in [2.75, 3.05) is 27.4 Å². The number of nitrogens with one attached hydrogen (secondary N) is 1. The smallest absolute Gasteiger partial charge is 0.224 e. The molecule has 1 atom stereocenters. The molecule has 1 aromatic rings. The largest absolute Gasteiger partial charge is 0.496 e. The van der Waals surface area contributed by atoms with E-state index in [2.05, 4.69) is 5.32 Å². The molecule has 1 aliphatic rings. The summed E-state index contributed by atoms with van der Waals surface area (Å²) in [7, 11) is 3.23. The number of carbonyl (C=O) groups excluding carboxylic acids is 1. The van der Waals surface area contributed by atoms with Crippen molar-refractivity contribution < 1.29 is 19.0 Å². The molecule has 1 aromatic carbocycles. The Morgan fingerprint density at radius 3 is 2.81 bits per heavy atom. The lowest BCUT2D eigenvalue weighted by molar-refractivity contribution is -0.120. The highest BCUT2D eigenvalue weighted by atomic mass is 16.5. The van der Waals surface area contributed by atoms with Crippen molar-refractivity contribution in [3.05, 3.63) is 23.3 Å². The first kappa shape index (κ1) is 15.6. The van der Waals surface area contributed by atoms with Crippen LogP contribution in [0.1, 0.15) is 24.0 Å². The number of rotatable bonds is 6. The van der Waals surface area contributed by atoms with Crippen LogP contribution in [0.25, 0.3) is 0 Å². The molecule has 1 fully saturated rings. The van der Waals surface area contributed by atoms with Gasteiger partial charge in [0.1, 0.15) is 11.5 Å². The molecule has 1 unspecified atom stereocenters. The fourth-order valence-electron chi connectivity index (χ4n) is 2.64. The third kappa shape index (κ3) is 3.88. The van der Waals surface area contributed by atoms with E-state index in [1.807, 2.05) is 19.1 Å². The monoisotopic (exact) mass is 293 g/mol. The quantitative estimate of drug-likeness (QED) is 0.869. The van der Waals surface area contributed by atoms with Gasteiger partial charge in [-0.1, -0.05) is 6.07 Å². The summed E-state index contributed by atoms with van der Waals surface area (Å²) in [5.41, 5.74) is 1.77. The maximum atomic E-state index is 12.0. The fourth-order valence-corrected chi connectivity index (χ4v) is 2.64. The van der Waals surface area contributed by atoms with E-state index in [0.29, 0.717) is 18.7 Å². The van der Waals surface area contributed by atoms with E-state index in [9.17, 15) is 4.79 Å². The molecular weight excluding hydrogens is 270 g/mol. The van der Waals surface area contributed by atoms with Gasteiger partial charge in [0.2, 0.25) is 5.91 Å². The molecule has 0 aliphatic carbocycles. The lowest BCUT2D eigenvalue weighted by Gasteiger charge is -2.15. The summed E-state index contributed by atoms with van der Waals surface area (Å²) in [6.45, 7) is 3.30. The molecule has 0 bridgehead atoms. The summed E-state index contributed by atoms with van der Waals surface area (Å²) >= 11 is 0. The standard InChI is InChI=1S/C16H23NO4/c1-11-14(19-2)7-6-12(16(11)20-3)9-15(18)17-10-13-5-4-8-21-13/h6-7,13H,4-5,8-10H2,1-3H3,(H,17,18). The summed E-state index contributed by atoms with van der Waals surface area (Å²) < 4.78 is 16.2. The summed E-state index contributed by atoms with van der Waals surface area (Å²) in [6, 6.07) is 3.73. The Bertz CT molecular complexity index is 495. The Morgan fingerprint density at radius 2 is 2.19 bits per heavy atom. The van der Waals surface area contributed by atoms with Crippen LogP contribution in [0.15, 0.2) is 12.1 Å². The van der Waals surface area contributed by atoms with Crippen molar-refractivity contribution in [3.63, 3.8) is 0 Å². The Kier molecular flexibility index (Phi) is 5.44. The molecule has 5 nitrogen and oxygen atoms in total. The second kappa shape index (κ2) is 7.31. The number of benzene rings is 1. The first-order valence-corrected chi connectivity index (χ1v) is 7.24. The van der Waals surface area contributed by atoms with Gasteiger partial charge in [-0.15, -0.1) is 0 Å². The van der Waals surface area contributed by atoms with Crippen LogP contribution in [-0.2, 0) is 16.0 Å². The Morgan fingerprint density at radius 1 is 1.38 bits per heavy atom. The average Bonchev–Trinajstić information content (AvgIpc) is 2.99. The Labute approximate surface area is 125 Å². The minimum Gasteiger partial charge on any atom is -0.496 e. The molecule has 5 heteroatoms. The van der Waals surface area contributed by atoms with E-state index < -0.39 is 0 Å². The molecule has 21 heavy (non-hydrogen) atoms. The van der Waals surface area contributed by atoms with Crippen molar-refractivity contribution in [2.24, 2.45) is 0 Å². The third-order valence-corrected chi connectivity index (χ3v) is 3.76. The normalized spacial score (nSPS) is 17.6. The first-order chi connectivity index (χ1) is 10.2. The van der Waals surface area contributed by atoms with Gasteiger partial charge < -0.3 is 19.5 Å². The van der Waals surface area contributed by atoms with Gasteiger partial charge in [0, 0.05) is 24.3 Å². The number of ether oxygens (including phenoxy) is 3. The lowest BCUT2D eigenvalue weighted by Crippen LogP contribution is -2.32. The molecule has 1 saturated heterocycles. The molecule has 0 saturated carbocycles. The van der Waals surface area contributed by atoms with E-state index in [0.717, 1.165) is 36.3 Å². The number of methoxy groups -OCH3 is 2. The zero-order valence-electron chi connectivity index (χ0n) is 12.9. The van der Waals surface area contributed by atoms with Crippen LogP contribution in [0, 0.1) is 6.92 Å². The van der Waals surface area contributed by atoms with Crippen molar-refractivity contribution in [1.82, 2.24) is 5.32 Å². The molecule has 1 heterocycles. The van der Waals surface area contributed by atoms with Gasteiger partial charge in [-0.3, -0.25) is 4.79 Å². The van der Waals surface area contributed by atoms with E-state index in [1.165, 1.54) is 0 Å². The van der Waals surface area contributed by atoms with Crippen LogP contribution in [-0.4, -0.2) is 39.4 Å². The highest BCUT2D eigenvalue weighted by Crippen LogP contribution is 2.31. The summed E-state index contributed by atoms with van der Waals surface area (Å²) in [4.78, 5) is 12.0. The Hall–Kier alpha value is -1.75. The molecule has 1 N–H and O–H groups in total. The maximum Gasteiger partial charge on any atom is 0.224 e. The molecule has 0 aromatic heterocycles. The minimum atomic E-state index is -0.0200. The number of carbonyl (C=O) groups is 1. The highest BCUT2D eigenvalue weighted by molar-refractivity contribution is 5.79. The average molecular weight is 293 g/mol. The molecular formula is C16H23NO4. The van der Waals surface area contributed by atoms with Gasteiger partial charge >= 0.3 is 0 Å². The van der Waals surface area contributed by atoms with E-state index in [4.69, 9.17) is 14.2 Å².